The Hall–Kier alpha value is -2.37. The molecule has 2 aromatic carbocycles. The molecule has 1 aliphatic rings. The Kier molecular flexibility index (Phi) is 5.13. The van der Waals surface area contributed by atoms with Gasteiger partial charge >= 0.3 is 0 Å². The summed E-state index contributed by atoms with van der Waals surface area (Å²) in [6.07, 6.45) is 2.50. The van der Waals surface area contributed by atoms with Gasteiger partial charge < -0.3 is 15.2 Å². The van der Waals surface area contributed by atoms with Crippen LogP contribution in [-0.4, -0.2) is 24.4 Å². The number of rotatable bonds is 4. The minimum Gasteiger partial charge on any atom is -0.495 e. The van der Waals surface area contributed by atoms with Gasteiger partial charge in [0.05, 0.1) is 30.0 Å². The van der Waals surface area contributed by atoms with Crippen LogP contribution in [-0.2, 0) is 12.8 Å². The van der Waals surface area contributed by atoms with Crippen molar-refractivity contribution in [1.29, 1.82) is 0 Å². The van der Waals surface area contributed by atoms with Crippen molar-refractivity contribution in [2.24, 2.45) is 0 Å². The Morgan fingerprint density at radius 1 is 1.11 bits per heavy atom. The van der Waals surface area contributed by atoms with Gasteiger partial charge in [0.2, 0.25) is 0 Å². The van der Waals surface area contributed by atoms with E-state index in [0.717, 1.165) is 47.5 Å². The first-order chi connectivity index (χ1) is 13.5. The average molecular weight is 418 g/mol. The molecule has 0 spiro atoms. The number of ether oxygens (including phenoxy) is 2. The molecule has 28 heavy (non-hydrogen) atoms. The summed E-state index contributed by atoms with van der Waals surface area (Å²) in [7, 11) is 3.17. The first kappa shape index (κ1) is 19.0. The number of H-pyrrole nitrogens is 1. The number of aromatic amines is 1. The van der Waals surface area contributed by atoms with Crippen molar-refractivity contribution in [2.45, 2.75) is 25.2 Å². The van der Waals surface area contributed by atoms with Crippen LogP contribution >= 0.6 is 23.2 Å². The third-order valence-electron chi connectivity index (χ3n) is 5.38. The van der Waals surface area contributed by atoms with E-state index in [9.17, 15) is 0 Å². The van der Waals surface area contributed by atoms with Crippen molar-refractivity contribution in [3.63, 3.8) is 0 Å². The molecule has 5 nitrogen and oxygen atoms in total. The molecule has 0 saturated carbocycles. The van der Waals surface area contributed by atoms with E-state index in [-0.39, 0.29) is 5.92 Å². The van der Waals surface area contributed by atoms with Crippen molar-refractivity contribution in [2.75, 3.05) is 20.0 Å². The summed E-state index contributed by atoms with van der Waals surface area (Å²) >= 11 is 13.2. The highest BCUT2D eigenvalue weighted by Gasteiger charge is 2.30. The molecule has 0 fully saturated rings. The van der Waals surface area contributed by atoms with Gasteiger partial charge in [-0.25, -0.2) is 0 Å². The van der Waals surface area contributed by atoms with Gasteiger partial charge in [-0.05, 0) is 31.2 Å². The van der Waals surface area contributed by atoms with E-state index < -0.39 is 0 Å². The fourth-order valence-corrected chi connectivity index (χ4v) is 4.76. The molecule has 7 heteroatoms. The number of hydrogen-bond donors (Lipinski definition) is 2. The topological polar surface area (TPSA) is 73.2 Å². The molecule has 0 radical (unpaired) electrons. The van der Waals surface area contributed by atoms with Crippen molar-refractivity contribution in [3.8, 4) is 22.8 Å². The zero-order valence-corrected chi connectivity index (χ0v) is 17.2. The number of nitrogens with two attached hydrogens (primary N) is 1. The highest BCUT2D eigenvalue weighted by molar-refractivity contribution is 6.38. The van der Waals surface area contributed by atoms with Crippen molar-refractivity contribution >= 4 is 28.9 Å². The van der Waals surface area contributed by atoms with Crippen LogP contribution in [0, 0.1) is 0 Å². The van der Waals surface area contributed by atoms with Crippen LogP contribution in [0.2, 0.25) is 10.0 Å². The van der Waals surface area contributed by atoms with Crippen molar-refractivity contribution in [3.05, 3.63) is 57.2 Å². The molecule has 1 atom stereocenters. The fraction of sp³-hybridized carbons (Fsp3) is 0.286. The smallest absolute Gasteiger partial charge is 0.141 e. The van der Waals surface area contributed by atoms with Gasteiger partial charge in [-0.2, -0.15) is 5.10 Å². The predicted molar refractivity (Wildman–Crippen MR) is 113 cm³/mol. The third kappa shape index (κ3) is 3.09. The Balaban J connectivity index is 1.73. The number of fused-ring (bicyclic) bond motifs is 1. The van der Waals surface area contributed by atoms with Crippen LogP contribution in [0.3, 0.4) is 0 Å². The second-order valence-corrected chi connectivity index (χ2v) is 7.63. The molecule has 0 aliphatic heterocycles. The van der Waals surface area contributed by atoms with Crippen molar-refractivity contribution < 1.29 is 9.47 Å². The zero-order valence-electron chi connectivity index (χ0n) is 15.7. The van der Waals surface area contributed by atoms with Gasteiger partial charge in [0.15, 0.2) is 0 Å². The number of para-hydroxylation sites is 1. The molecule has 0 amide bonds. The maximum Gasteiger partial charge on any atom is 0.141 e. The summed E-state index contributed by atoms with van der Waals surface area (Å²) in [5.41, 5.74) is 11.9. The SMILES string of the molecule is COc1cc(OC)c(Cl)c(C2CCc3c(-c4ccccc4N)n[nH]c3C2)c1Cl. The molecule has 1 aliphatic carbocycles. The summed E-state index contributed by atoms with van der Waals surface area (Å²) in [5, 5.41) is 8.81. The Morgan fingerprint density at radius 2 is 1.79 bits per heavy atom. The lowest BCUT2D eigenvalue weighted by molar-refractivity contribution is 0.392. The number of nitrogens with one attached hydrogen (secondary N) is 1. The summed E-state index contributed by atoms with van der Waals surface area (Å²) in [6, 6.07) is 9.51. The minimum absolute atomic E-state index is 0.137. The number of hydrogen-bond acceptors (Lipinski definition) is 4. The lowest BCUT2D eigenvalue weighted by atomic mass is 9.81. The summed E-state index contributed by atoms with van der Waals surface area (Å²) in [6.45, 7) is 0. The third-order valence-corrected chi connectivity index (χ3v) is 6.16. The zero-order chi connectivity index (χ0) is 19.8. The number of nitrogen functional groups attached to an aromatic ring is 1. The van der Waals surface area contributed by atoms with E-state index in [0.29, 0.717) is 21.5 Å². The molecule has 0 bridgehead atoms. The van der Waals surface area contributed by atoms with Crippen LogP contribution < -0.4 is 15.2 Å². The predicted octanol–water partition coefficient (Wildman–Crippen LogP) is 5.26. The van der Waals surface area contributed by atoms with Gasteiger partial charge in [0, 0.05) is 34.1 Å². The molecule has 0 saturated heterocycles. The highest BCUT2D eigenvalue weighted by atomic mass is 35.5. The van der Waals surface area contributed by atoms with Crippen LogP contribution in [0.25, 0.3) is 11.3 Å². The maximum atomic E-state index is 6.62. The van der Waals surface area contributed by atoms with Gasteiger partial charge in [-0.15, -0.1) is 0 Å². The molecule has 1 heterocycles. The largest absolute Gasteiger partial charge is 0.495 e. The molecule has 1 unspecified atom stereocenters. The molecule has 3 N–H and O–H groups in total. The van der Waals surface area contributed by atoms with Crippen LogP contribution in [0.15, 0.2) is 30.3 Å². The van der Waals surface area contributed by atoms with E-state index in [1.807, 2.05) is 24.3 Å². The van der Waals surface area contributed by atoms with Gasteiger partial charge in [-0.3, -0.25) is 5.10 Å². The number of anilines is 1. The second kappa shape index (κ2) is 7.57. The average Bonchev–Trinajstić information content (AvgIpc) is 3.12. The van der Waals surface area contributed by atoms with Gasteiger partial charge in [-0.1, -0.05) is 41.4 Å². The number of benzene rings is 2. The lowest BCUT2D eigenvalue weighted by Gasteiger charge is -2.26. The Bertz CT molecular complexity index is 1000. The molecule has 1 aromatic heterocycles. The monoisotopic (exact) mass is 417 g/mol. The summed E-state index contributed by atoms with van der Waals surface area (Å²) in [5.74, 6) is 1.26. The lowest BCUT2D eigenvalue weighted by Crippen LogP contribution is -2.14. The fourth-order valence-electron chi connectivity index (χ4n) is 3.95. The van der Waals surface area contributed by atoms with E-state index in [4.69, 9.17) is 38.4 Å². The van der Waals surface area contributed by atoms with Crippen molar-refractivity contribution in [1.82, 2.24) is 10.2 Å². The second-order valence-electron chi connectivity index (χ2n) is 6.88. The van der Waals surface area contributed by atoms with Crippen LogP contribution in [0.1, 0.15) is 29.2 Å². The Labute approximate surface area is 173 Å². The number of nitrogens with zero attached hydrogens (tertiary/aromatic N) is 1. The van der Waals surface area contributed by atoms with Gasteiger partial charge in [0.25, 0.3) is 0 Å². The minimum atomic E-state index is 0.137. The van der Waals surface area contributed by atoms with Gasteiger partial charge in [0.1, 0.15) is 11.5 Å². The van der Waals surface area contributed by atoms with Crippen LogP contribution in [0.4, 0.5) is 5.69 Å². The molecular formula is C21H21Cl2N3O2. The summed E-state index contributed by atoms with van der Waals surface area (Å²) < 4.78 is 10.8. The molecule has 3 aromatic rings. The maximum absolute atomic E-state index is 6.62. The first-order valence-electron chi connectivity index (χ1n) is 9.06. The molecular weight excluding hydrogens is 397 g/mol. The quantitative estimate of drug-likeness (QED) is 0.568. The first-order valence-corrected chi connectivity index (χ1v) is 9.81. The standard InChI is InChI=1S/C21H21Cl2N3O2/c1-27-16-10-17(28-2)20(23)18(19(16)22)11-7-8-13-15(9-11)25-26-21(13)12-5-3-4-6-14(12)24/h3-6,10-11H,7-9,24H2,1-2H3,(H,25,26). The normalized spacial score (nSPS) is 15.9. The number of methoxy groups -OCH3 is 2. The highest BCUT2D eigenvalue weighted by Crippen LogP contribution is 2.47. The van der Waals surface area contributed by atoms with E-state index in [2.05, 4.69) is 10.2 Å². The van der Waals surface area contributed by atoms with Crippen LogP contribution in [0.5, 0.6) is 11.5 Å². The number of halogens is 2. The van der Waals surface area contributed by atoms with E-state index >= 15 is 0 Å². The number of aromatic nitrogens is 2. The molecule has 146 valence electrons. The van der Waals surface area contributed by atoms with E-state index in [1.54, 1.807) is 20.3 Å². The summed E-state index contributed by atoms with van der Waals surface area (Å²) in [4.78, 5) is 0. The molecule has 4 rings (SSSR count). The Morgan fingerprint density at radius 3 is 2.43 bits per heavy atom. The van der Waals surface area contributed by atoms with E-state index in [1.165, 1.54) is 5.56 Å².